The number of halogens is 1. The highest BCUT2D eigenvalue weighted by Gasteiger charge is 2.22. The zero-order valence-electron chi connectivity index (χ0n) is 13.7. The van der Waals surface area contributed by atoms with E-state index in [0.717, 1.165) is 42.3 Å². The molecule has 3 rings (SSSR count). The smallest absolute Gasteiger partial charge is 0.315 e. The Morgan fingerprint density at radius 1 is 1.42 bits per heavy atom. The van der Waals surface area contributed by atoms with Gasteiger partial charge in [-0.3, -0.25) is 0 Å². The van der Waals surface area contributed by atoms with Crippen LogP contribution in [0.5, 0.6) is 0 Å². The number of amides is 2. The molecule has 0 spiro atoms. The molecular weight excluding hydrogens is 326 g/mol. The van der Waals surface area contributed by atoms with Crippen molar-refractivity contribution in [3.63, 3.8) is 0 Å². The van der Waals surface area contributed by atoms with Gasteiger partial charge in [0, 0.05) is 32.4 Å². The highest BCUT2D eigenvalue weighted by Crippen LogP contribution is 2.27. The molecule has 2 amide bonds. The fourth-order valence-electron chi connectivity index (χ4n) is 2.99. The Hall–Kier alpha value is -2.21. The van der Waals surface area contributed by atoms with Crippen LogP contribution >= 0.6 is 11.6 Å². The van der Waals surface area contributed by atoms with E-state index >= 15 is 0 Å². The second-order valence-electron chi connectivity index (χ2n) is 6.09. The minimum absolute atomic E-state index is 0.110. The first kappa shape index (κ1) is 16.6. The van der Waals surface area contributed by atoms with Gasteiger partial charge in [0.25, 0.3) is 0 Å². The number of rotatable bonds is 4. The predicted octanol–water partition coefficient (Wildman–Crippen LogP) is 2.54. The van der Waals surface area contributed by atoms with E-state index in [9.17, 15) is 4.79 Å². The van der Waals surface area contributed by atoms with E-state index in [0.29, 0.717) is 6.54 Å². The number of piperidine rings is 1. The number of imidazole rings is 1. The first-order valence-corrected chi connectivity index (χ1v) is 8.50. The number of benzene rings is 1. The third kappa shape index (κ3) is 4.20. The number of carbonyl (C=O) groups is 1. The van der Waals surface area contributed by atoms with Crippen LogP contribution in [0, 0.1) is 0 Å². The molecule has 7 heteroatoms. The fourth-order valence-corrected chi connectivity index (χ4v) is 3.24. The minimum atomic E-state index is -0.160. The number of urea groups is 1. The molecular formula is C17H22ClN5O. The van der Waals surface area contributed by atoms with E-state index in [1.165, 1.54) is 0 Å². The summed E-state index contributed by atoms with van der Waals surface area (Å²) >= 11 is 6.28. The van der Waals surface area contributed by atoms with E-state index in [1.54, 1.807) is 6.33 Å². The zero-order valence-corrected chi connectivity index (χ0v) is 14.5. The molecule has 0 aliphatic carbocycles. The van der Waals surface area contributed by atoms with Crippen LogP contribution in [-0.2, 0) is 13.6 Å². The van der Waals surface area contributed by atoms with E-state index in [2.05, 4.69) is 20.5 Å². The molecule has 1 aliphatic heterocycles. The largest absolute Gasteiger partial charge is 0.368 e. The van der Waals surface area contributed by atoms with E-state index in [-0.39, 0.29) is 12.1 Å². The number of aromatic nitrogens is 2. The summed E-state index contributed by atoms with van der Waals surface area (Å²) in [5.74, 6) is 0. The van der Waals surface area contributed by atoms with Crippen molar-refractivity contribution in [2.75, 3.05) is 18.0 Å². The molecule has 0 saturated carbocycles. The molecule has 128 valence electrons. The molecule has 0 bridgehead atoms. The second-order valence-corrected chi connectivity index (χ2v) is 6.50. The third-order valence-corrected chi connectivity index (χ3v) is 4.46. The SMILES string of the molecule is Cn1cnc(CNC(=O)NC2CCCN(c3ccccc3Cl)C2)c1. The van der Waals surface area contributed by atoms with Gasteiger partial charge in [-0.15, -0.1) is 0 Å². The lowest BCUT2D eigenvalue weighted by atomic mass is 10.1. The lowest BCUT2D eigenvalue weighted by Crippen LogP contribution is -2.50. The van der Waals surface area contributed by atoms with Crippen LogP contribution in [-0.4, -0.2) is 34.7 Å². The van der Waals surface area contributed by atoms with Gasteiger partial charge >= 0.3 is 6.03 Å². The average molecular weight is 348 g/mol. The third-order valence-electron chi connectivity index (χ3n) is 4.14. The standard InChI is InChI=1S/C17H22ClN5O/c1-22-10-14(20-12-22)9-19-17(24)21-13-5-4-8-23(11-13)16-7-3-2-6-15(16)18/h2-3,6-7,10,12-13H,4-5,8-9,11H2,1H3,(H2,19,21,24). The maximum Gasteiger partial charge on any atom is 0.315 e. The van der Waals surface area contributed by atoms with Crippen LogP contribution in [0.3, 0.4) is 0 Å². The predicted molar refractivity (Wildman–Crippen MR) is 95.3 cm³/mol. The number of nitrogens with zero attached hydrogens (tertiary/aromatic N) is 3. The topological polar surface area (TPSA) is 62.2 Å². The average Bonchev–Trinajstić information content (AvgIpc) is 2.99. The second kappa shape index (κ2) is 7.57. The van der Waals surface area contributed by atoms with Gasteiger partial charge in [-0.1, -0.05) is 23.7 Å². The van der Waals surface area contributed by atoms with Crippen molar-refractivity contribution < 1.29 is 4.79 Å². The number of nitrogens with one attached hydrogen (secondary N) is 2. The normalized spacial score (nSPS) is 17.6. The van der Waals surface area contributed by atoms with Crippen molar-refractivity contribution in [2.45, 2.75) is 25.4 Å². The summed E-state index contributed by atoms with van der Waals surface area (Å²) in [6, 6.07) is 7.78. The van der Waals surface area contributed by atoms with Crippen molar-refractivity contribution in [3.8, 4) is 0 Å². The number of hydrogen-bond donors (Lipinski definition) is 2. The molecule has 1 atom stereocenters. The van der Waals surface area contributed by atoms with Crippen molar-refractivity contribution >= 4 is 23.3 Å². The van der Waals surface area contributed by atoms with E-state index in [1.807, 2.05) is 42.1 Å². The summed E-state index contributed by atoms with van der Waals surface area (Å²) < 4.78 is 1.86. The first-order valence-electron chi connectivity index (χ1n) is 8.12. The summed E-state index contributed by atoms with van der Waals surface area (Å²) in [6.07, 6.45) is 5.60. The van der Waals surface area contributed by atoms with Crippen LogP contribution in [0.2, 0.25) is 5.02 Å². The number of anilines is 1. The Kier molecular flexibility index (Phi) is 5.25. The molecule has 1 fully saturated rings. The quantitative estimate of drug-likeness (QED) is 0.893. The summed E-state index contributed by atoms with van der Waals surface area (Å²) in [5, 5.41) is 6.65. The Labute approximate surface area is 146 Å². The van der Waals surface area contributed by atoms with Gasteiger partial charge in [-0.2, -0.15) is 0 Å². The van der Waals surface area contributed by atoms with Crippen LogP contribution in [0.15, 0.2) is 36.8 Å². The fraction of sp³-hybridized carbons (Fsp3) is 0.412. The molecule has 1 saturated heterocycles. The molecule has 2 N–H and O–H groups in total. The number of hydrogen-bond acceptors (Lipinski definition) is 3. The summed E-state index contributed by atoms with van der Waals surface area (Å²) in [5.41, 5.74) is 1.87. The van der Waals surface area contributed by atoms with E-state index < -0.39 is 0 Å². The van der Waals surface area contributed by atoms with Crippen molar-refractivity contribution in [1.29, 1.82) is 0 Å². The summed E-state index contributed by atoms with van der Waals surface area (Å²) in [6.45, 7) is 2.14. The molecule has 1 aromatic heterocycles. The Balaban J connectivity index is 1.51. The maximum absolute atomic E-state index is 12.1. The minimum Gasteiger partial charge on any atom is -0.368 e. The van der Waals surface area contributed by atoms with Gasteiger partial charge in [0.05, 0.1) is 29.3 Å². The molecule has 2 aromatic rings. The number of aryl methyl sites for hydroxylation is 1. The molecule has 6 nitrogen and oxygen atoms in total. The number of para-hydroxylation sites is 1. The highest BCUT2D eigenvalue weighted by molar-refractivity contribution is 6.33. The van der Waals surface area contributed by atoms with Crippen molar-refractivity contribution in [1.82, 2.24) is 20.2 Å². The van der Waals surface area contributed by atoms with Gasteiger partial charge in [0.2, 0.25) is 0 Å². The summed E-state index contributed by atoms with van der Waals surface area (Å²) in [4.78, 5) is 18.5. The Morgan fingerprint density at radius 2 is 2.25 bits per heavy atom. The van der Waals surface area contributed by atoms with Gasteiger partial charge in [-0.05, 0) is 25.0 Å². The zero-order chi connectivity index (χ0) is 16.9. The van der Waals surface area contributed by atoms with Crippen molar-refractivity contribution in [3.05, 3.63) is 47.5 Å². The molecule has 0 radical (unpaired) electrons. The first-order chi connectivity index (χ1) is 11.6. The molecule has 1 unspecified atom stereocenters. The molecule has 24 heavy (non-hydrogen) atoms. The number of carbonyl (C=O) groups excluding carboxylic acids is 1. The lowest BCUT2D eigenvalue weighted by Gasteiger charge is -2.35. The molecule has 2 heterocycles. The van der Waals surface area contributed by atoms with Crippen LogP contribution in [0.25, 0.3) is 0 Å². The lowest BCUT2D eigenvalue weighted by molar-refractivity contribution is 0.234. The van der Waals surface area contributed by atoms with Crippen LogP contribution < -0.4 is 15.5 Å². The summed E-state index contributed by atoms with van der Waals surface area (Å²) in [7, 11) is 1.90. The van der Waals surface area contributed by atoms with Gasteiger partial charge in [0.1, 0.15) is 0 Å². The monoisotopic (exact) mass is 347 g/mol. The van der Waals surface area contributed by atoms with Gasteiger partial charge in [0.15, 0.2) is 0 Å². The van der Waals surface area contributed by atoms with Crippen LogP contribution in [0.4, 0.5) is 10.5 Å². The molecule has 1 aromatic carbocycles. The molecule has 1 aliphatic rings. The Bertz CT molecular complexity index is 702. The Morgan fingerprint density at radius 3 is 3.00 bits per heavy atom. The highest BCUT2D eigenvalue weighted by atomic mass is 35.5. The van der Waals surface area contributed by atoms with Crippen LogP contribution in [0.1, 0.15) is 18.5 Å². The van der Waals surface area contributed by atoms with Crippen molar-refractivity contribution in [2.24, 2.45) is 7.05 Å². The maximum atomic E-state index is 12.1. The van der Waals surface area contributed by atoms with E-state index in [4.69, 9.17) is 11.6 Å². The van der Waals surface area contributed by atoms with Gasteiger partial charge in [-0.25, -0.2) is 9.78 Å². The van der Waals surface area contributed by atoms with Gasteiger partial charge < -0.3 is 20.1 Å².